The lowest BCUT2D eigenvalue weighted by atomic mass is 10.1. The number of aromatic nitrogens is 2. The van der Waals surface area contributed by atoms with Crippen molar-refractivity contribution in [3.05, 3.63) is 63.5 Å². The van der Waals surface area contributed by atoms with E-state index in [0.29, 0.717) is 17.3 Å². The van der Waals surface area contributed by atoms with Gasteiger partial charge in [-0.3, -0.25) is 4.79 Å². The number of nitrogens with one attached hydrogen (secondary N) is 2. The number of para-hydroxylation sites is 1. The molecule has 0 radical (unpaired) electrons. The Morgan fingerprint density at radius 1 is 1.15 bits per heavy atom. The molecule has 0 unspecified atom stereocenters. The molecule has 2 heterocycles. The van der Waals surface area contributed by atoms with Gasteiger partial charge in [-0.2, -0.15) is 5.10 Å². The van der Waals surface area contributed by atoms with Gasteiger partial charge in [0.25, 0.3) is 5.56 Å². The molecule has 2 aromatic carbocycles. The van der Waals surface area contributed by atoms with E-state index in [4.69, 9.17) is 16.3 Å². The van der Waals surface area contributed by atoms with Gasteiger partial charge in [0.1, 0.15) is 0 Å². The van der Waals surface area contributed by atoms with Crippen LogP contribution in [-0.4, -0.2) is 36.5 Å². The normalized spacial score (nSPS) is 14.6. The molecule has 0 atom stereocenters. The van der Waals surface area contributed by atoms with Crippen LogP contribution >= 0.6 is 11.6 Å². The highest BCUT2D eigenvalue weighted by molar-refractivity contribution is 6.34. The van der Waals surface area contributed by atoms with E-state index < -0.39 is 0 Å². The molecule has 1 aliphatic heterocycles. The van der Waals surface area contributed by atoms with Crippen LogP contribution in [0.2, 0.25) is 5.15 Å². The van der Waals surface area contributed by atoms with Gasteiger partial charge in [-0.15, -0.1) is 0 Å². The number of nitrogens with zero attached hydrogens (tertiary/aromatic N) is 2. The number of hydrogen-bond donors (Lipinski definition) is 2. The fourth-order valence-electron chi connectivity index (χ4n) is 3.21. The molecule has 3 aromatic rings. The van der Waals surface area contributed by atoms with E-state index in [0.717, 1.165) is 32.0 Å². The van der Waals surface area contributed by atoms with Gasteiger partial charge in [0.05, 0.1) is 18.6 Å². The van der Waals surface area contributed by atoms with E-state index in [1.165, 1.54) is 11.3 Å². The van der Waals surface area contributed by atoms with Crippen LogP contribution in [0.1, 0.15) is 5.56 Å². The second kappa shape index (κ2) is 7.35. The van der Waals surface area contributed by atoms with Crippen LogP contribution in [0, 0.1) is 0 Å². The summed E-state index contributed by atoms with van der Waals surface area (Å²) in [5.74, 6) is 0. The highest BCUT2D eigenvalue weighted by Crippen LogP contribution is 2.25. The van der Waals surface area contributed by atoms with Crippen molar-refractivity contribution in [1.29, 1.82) is 0 Å². The number of H-pyrrole nitrogens is 1. The maximum Gasteiger partial charge on any atom is 0.272 e. The first-order chi connectivity index (χ1) is 12.7. The predicted octanol–water partition coefficient (Wildman–Crippen LogP) is 3.03. The second-order valence-corrected chi connectivity index (χ2v) is 6.54. The third-order valence-corrected chi connectivity index (χ3v) is 4.86. The Bertz CT molecular complexity index is 983. The summed E-state index contributed by atoms with van der Waals surface area (Å²) in [6.07, 6.45) is 0. The average Bonchev–Trinajstić information content (AvgIpc) is 2.70. The predicted molar refractivity (Wildman–Crippen MR) is 104 cm³/mol. The van der Waals surface area contributed by atoms with E-state index in [1.54, 1.807) is 6.07 Å². The van der Waals surface area contributed by atoms with Gasteiger partial charge in [0.15, 0.2) is 5.15 Å². The van der Waals surface area contributed by atoms with Crippen molar-refractivity contribution in [3.63, 3.8) is 0 Å². The van der Waals surface area contributed by atoms with Crippen molar-refractivity contribution in [3.8, 4) is 0 Å². The molecular formula is C19H19ClN4O2. The van der Waals surface area contributed by atoms with Gasteiger partial charge in [-0.1, -0.05) is 29.8 Å². The molecule has 7 heteroatoms. The van der Waals surface area contributed by atoms with Crippen molar-refractivity contribution in [2.24, 2.45) is 0 Å². The summed E-state index contributed by atoms with van der Waals surface area (Å²) in [6.45, 7) is 3.99. The molecule has 26 heavy (non-hydrogen) atoms. The largest absolute Gasteiger partial charge is 0.381 e. The van der Waals surface area contributed by atoms with Crippen molar-refractivity contribution in [2.75, 3.05) is 36.5 Å². The van der Waals surface area contributed by atoms with Gasteiger partial charge >= 0.3 is 0 Å². The average molecular weight is 371 g/mol. The first kappa shape index (κ1) is 16.9. The van der Waals surface area contributed by atoms with Crippen molar-refractivity contribution >= 4 is 33.7 Å². The first-order valence-electron chi connectivity index (χ1n) is 8.55. The highest BCUT2D eigenvalue weighted by Gasteiger charge is 2.14. The van der Waals surface area contributed by atoms with Gasteiger partial charge in [-0.25, -0.2) is 5.10 Å². The number of morpholine rings is 1. The molecule has 1 aromatic heterocycles. The SMILES string of the molecule is O=c1[nH]nc(Cl)c2cc(NCc3ccccc3N3CCOCC3)ccc12. The molecule has 6 nitrogen and oxygen atoms in total. The zero-order chi connectivity index (χ0) is 17.9. The maximum atomic E-state index is 11.8. The van der Waals surface area contributed by atoms with Crippen LogP contribution in [0.3, 0.4) is 0 Å². The summed E-state index contributed by atoms with van der Waals surface area (Å²) in [4.78, 5) is 14.2. The highest BCUT2D eigenvalue weighted by atomic mass is 35.5. The molecule has 0 bridgehead atoms. The Morgan fingerprint density at radius 3 is 2.81 bits per heavy atom. The molecule has 1 aliphatic rings. The fraction of sp³-hybridized carbons (Fsp3) is 0.263. The zero-order valence-electron chi connectivity index (χ0n) is 14.2. The lowest BCUT2D eigenvalue weighted by molar-refractivity contribution is 0.122. The Balaban J connectivity index is 1.57. The molecule has 0 saturated carbocycles. The van der Waals surface area contributed by atoms with E-state index >= 15 is 0 Å². The lowest BCUT2D eigenvalue weighted by Gasteiger charge is -2.30. The number of benzene rings is 2. The third-order valence-electron chi connectivity index (χ3n) is 4.57. The minimum absolute atomic E-state index is 0.242. The van der Waals surface area contributed by atoms with Gasteiger partial charge in [0, 0.05) is 36.4 Å². The number of fused-ring (bicyclic) bond motifs is 1. The smallest absolute Gasteiger partial charge is 0.272 e. The van der Waals surface area contributed by atoms with Gasteiger partial charge < -0.3 is 15.0 Å². The Labute approximate surface area is 155 Å². The molecule has 4 rings (SSSR count). The number of hydrogen-bond acceptors (Lipinski definition) is 5. The number of ether oxygens (including phenoxy) is 1. The monoisotopic (exact) mass is 370 g/mol. The minimum Gasteiger partial charge on any atom is -0.381 e. The molecule has 2 N–H and O–H groups in total. The number of aromatic amines is 1. The van der Waals surface area contributed by atoms with Crippen LogP contribution in [0.15, 0.2) is 47.3 Å². The lowest BCUT2D eigenvalue weighted by Crippen LogP contribution is -2.36. The van der Waals surface area contributed by atoms with E-state index in [-0.39, 0.29) is 10.7 Å². The topological polar surface area (TPSA) is 70.2 Å². The van der Waals surface area contributed by atoms with E-state index in [1.807, 2.05) is 18.2 Å². The van der Waals surface area contributed by atoms with E-state index in [2.05, 4.69) is 38.6 Å². The Morgan fingerprint density at radius 2 is 1.96 bits per heavy atom. The summed E-state index contributed by atoms with van der Waals surface area (Å²) in [5, 5.41) is 11.1. The van der Waals surface area contributed by atoms with Crippen LogP contribution in [-0.2, 0) is 11.3 Å². The maximum absolute atomic E-state index is 11.8. The molecule has 0 amide bonds. The summed E-state index contributed by atoms with van der Waals surface area (Å²) >= 11 is 6.12. The molecule has 1 saturated heterocycles. The Hall–Kier alpha value is -2.57. The van der Waals surface area contributed by atoms with Crippen LogP contribution in [0.5, 0.6) is 0 Å². The van der Waals surface area contributed by atoms with E-state index in [9.17, 15) is 4.79 Å². The van der Waals surface area contributed by atoms with Crippen molar-refractivity contribution < 1.29 is 4.74 Å². The van der Waals surface area contributed by atoms with Crippen molar-refractivity contribution in [1.82, 2.24) is 10.2 Å². The second-order valence-electron chi connectivity index (χ2n) is 6.19. The minimum atomic E-state index is -0.242. The van der Waals surface area contributed by atoms with Gasteiger partial charge in [0.2, 0.25) is 0 Å². The standard InChI is InChI=1S/C19H19ClN4O2/c20-18-16-11-14(5-6-15(16)19(25)23-22-18)21-12-13-3-1-2-4-17(13)24-7-9-26-10-8-24/h1-6,11,21H,7-10,12H2,(H,23,25). The summed E-state index contributed by atoms with van der Waals surface area (Å²) < 4.78 is 5.45. The Kier molecular flexibility index (Phi) is 4.77. The molecule has 134 valence electrons. The number of halogens is 1. The molecule has 1 fully saturated rings. The summed E-state index contributed by atoms with van der Waals surface area (Å²) in [7, 11) is 0. The fourth-order valence-corrected chi connectivity index (χ4v) is 3.41. The van der Waals surface area contributed by atoms with Crippen LogP contribution in [0.4, 0.5) is 11.4 Å². The van der Waals surface area contributed by atoms with Crippen LogP contribution < -0.4 is 15.8 Å². The number of anilines is 2. The number of rotatable bonds is 4. The van der Waals surface area contributed by atoms with Gasteiger partial charge in [-0.05, 0) is 29.8 Å². The first-order valence-corrected chi connectivity index (χ1v) is 8.92. The third kappa shape index (κ3) is 3.38. The quantitative estimate of drug-likeness (QED) is 0.738. The molecular weight excluding hydrogens is 352 g/mol. The summed E-state index contributed by atoms with van der Waals surface area (Å²) in [5.41, 5.74) is 3.09. The van der Waals surface area contributed by atoms with Crippen LogP contribution in [0.25, 0.3) is 10.8 Å². The van der Waals surface area contributed by atoms with Crippen molar-refractivity contribution in [2.45, 2.75) is 6.54 Å². The molecule has 0 spiro atoms. The zero-order valence-corrected chi connectivity index (χ0v) is 14.9. The summed E-state index contributed by atoms with van der Waals surface area (Å²) in [6, 6.07) is 13.9. The molecule has 0 aliphatic carbocycles.